The summed E-state index contributed by atoms with van der Waals surface area (Å²) in [6.45, 7) is 7.27. The van der Waals surface area contributed by atoms with Gasteiger partial charge in [0.15, 0.2) is 0 Å². The highest BCUT2D eigenvalue weighted by Crippen LogP contribution is 2.30. The van der Waals surface area contributed by atoms with E-state index in [1.165, 1.54) is 33.1 Å². The Morgan fingerprint density at radius 2 is 1.85 bits per heavy atom. The van der Waals surface area contributed by atoms with Crippen LogP contribution >= 0.6 is 0 Å². The number of carbonyl (C=O) groups is 1. The second kappa shape index (κ2) is 6.37. The number of likely N-dealkylation sites (tertiary alicyclic amines) is 2. The molecule has 2 aliphatic heterocycles. The van der Waals surface area contributed by atoms with Gasteiger partial charge in [0.05, 0.1) is 0 Å². The molecule has 0 aromatic heterocycles. The molecule has 0 bridgehead atoms. The molecule has 20 heavy (non-hydrogen) atoms. The maximum absolute atomic E-state index is 12.9. The van der Waals surface area contributed by atoms with Gasteiger partial charge < -0.3 is 9.80 Å². The lowest BCUT2D eigenvalue weighted by atomic mass is 9.92. The Kier molecular flexibility index (Phi) is 4.99. The van der Waals surface area contributed by atoms with Gasteiger partial charge in [-0.3, -0.25) is 4.79 Å². The van der Waals surface area contributed by atoms with Crippen LogP contribution in [0.5, 0.6) is 0 Å². The maximum Gasteiger partial charge on any atom is 0.252 e. The number of hydrogen-bond acceptors (Lipinski definition) is 2. The molecule has 2 aliphatic rings. The van der Waals surface area contributed by atoms with Gasteiger partial charge in [-0.15, -0.1) is 0 Å². The number of hydrogen-bond donors (Lipinski definition) is 0. The number of piperidine rings is 1. The van der Waals surface area contributed by atoms with Gasteiger partial charge in [0.2, 0.25) is 5.91 Å². The van der Waals surface area contributed by atoms with Gasteiger partial charge in [-0.1, -0.05) is 6.42 Å². The first-order valence-electron chi connectivity index (χ1n) is 7.71. The van der Waals surface area contributed by atoms with Crippen LogP contribution in [0.4, 0.5) is 8.78 Å². The molecule has 2 saturated heterocycles. The van der Waals surface area contributed by atoms with E-state index in [4.69, 9.17) is 0 Å². The smallest absolute Gasteiger partial charge is 0.252 e. The first kappa shape index (κ1) is 15.7. The summed E-state index contributed by atoms with van der Waals surface area (Å²) in [7, 11) is 0. The molecule has 0 aromatic rings. The van der Waals surface area contributed by atoms with Gasteiger partial charge in [-0.25, -0.2) is 8.78 Å². The fourth-order valence-corrected chi connectivity index (χ4v) is 3.17. The minimum Gasteiger partial charge on any atom is -0.342 e. The quantitative estimate of drug-likeness (QED) is 0.794. The molecule has 2 rings (SSSR count). The Bertz CT molecular complexity index is 341. The maximum atomic E-state index is 12.9. The summed E-state index contributed by atoms with van der Waals surface area (Å²) in [5.41, 5.74) is -1.56. The number of halogens is 2. The van der Waals surface area contributed by atoms with Gasteiger partial charge in [-0.2, -0.15) is 0 Å². The SMILES string of the molecule is CC(C)(C(=O)N1CC[C@H](CN2CCCCC2)C1)C(F)F. The van der Waals surface area contributed by atoms with Gasteiger partial charge in [0.25, 0.3) is 6.43 Å². The lowest BCUT2D eigenvalue weighted by Crippen LogP contribution is -2.44. The highest BCUT2D eigenvalue weighted by atomic mass is 19.3. The average Bonchev–Trinajstić information content (AvgIpc) is 2.87. The van der Waals surface area contributed by atoms with Crippen molar-refractivity contribution in [2.24, 2.45) is 11.3 Å². The van der Waals surface area contributed by atoms with E-state index in [-0.39, 0.29) is 0 Å². The lowest BCUT2D eigenvalue weighted by Gasteiger charge is -2.30. The molecule has 0 aromatic carbocycles. The number of nitrogens with zero attached hydrogens (tertiary/aromatic N) is 2. The summed E-state index contributed by atoms with van der Waals surface area (Å²) in [6, 6.07) is 0. The molecular weight excluding hydrogens is 262 g/mol. The van der Waals surface area contributed by atoms with Crippen molar-refractivity contribution >= 4 is 5.91 Å². The fourth-order valence-electron chi connectivity index (χ4n) is 3.17. The molecular formula is C15H26F2N2O. The van der Waals surface area contributed by atoms with Gasteiger partial charge >= 0.3 is 0 Å². The number of alkyl halides is 2. The molecule has 116 valence electrons. The molecule has 2 heterocycles. The molecule has 0 radical (unpaired) electrons. The van der Waals surface area contributed by atoms with Crippen LogP contribution in [-0.2, 0) is 4.79 Å². The lowest BCUT2D eigenvalue weighted by molar-refractivity contribution is -0.147. The van der Waals surface area contributed by atoms with Crippen molar-refractivity contribution in [1.82, 2.24) is 9.80 Å². The average molecular weight is 288 g/mol. The Morgan fingerprint density at radius 1 is 1.20 bits per heavy atom. The molecule has 0 spiro atoms. The zero-order valence-electron chi connectivity index (χ0n) is 12.6. The van der Waals surface area contributed by atoms with Crippen LogP contribution in [0.1, 0.15) is 39.5 Å². The first-order chi connectivity index (χ1) is 9.41. The van der Waals surface area contributed by atoms with Crippen LogP contribution in [0.15, 0.2) is 0 Å². The second-order valence-corrected chi connectivity index (χ2v) is 6.79. The van der Waals surface area contributed by atoms with Crippen LogP contribution in [0.25, 0.3) is 0 Å². The molecule has 0 N–H and O–H groups in total. The predicted molar refractivity (Wildman–Crippen MR) is 74.8 cm³/mol. The van der Waals surface area contributed by atoms with Crippen molar-refractivity contribution < 1.29 is 13.6 Å². The minimum atomic E-state index is -2.60. The van der Waals surface area contributed by atoms with E-state index in [0.717, 1.165) is 26.1 Å². The van der Waals surface area contributed by atoms with E-state index >= 15 is 0 Å². The number of rotatable bonds is 4. The van der Waals surface area contributed by atoms with Crippen molar-refractivity contribution in [3.05, 3.63) is 0 Å². The summed E-state index contributed by atoms with van der Waals surface area (Å²) in [4.78, 5) is 16.3. The van der Waals surface area contributed by atoms with Crippen LogP contribution in [-0.4, -0.2) is 54.9 Å². The minimum absolute atomic E-state index is 0.395. The highest BCUT2D eigenvalue weighted by molar-refractivity contribution is 5.82. The van der Waals surface area contributed by atoms with Crippen molar-refractivity contribution in [3.8, 4) is 0 Å². The Labute approximate surface area is 120 Å². The Hall–Kier alpha value is -0.710. The Balaban J connectivity index is 1.84. The van der Waals surface area contributed by atoms with Crippen LogP contribution in [0, 0.1) is 11.3 Å². The third kappa shape index (κ3) is 3.48. The largest absolute Gasteiger partial charge is 0.342 e. The molecule has 0 saturated carbocycles. The molecule has 1 atom stereocenters. The second-order valence-electron chi connectivity index (χ2n) is 6.79. The van der Waals surface area contributed by atoms with E-state index in [1.807, 2.05) is 0 Å². The zero-order valence-corrected chi connectivity index (χ0v) is 12.6. The van der Waals surface area contributed by atoms with Crippen molar-refractivity contribution in [3.63, 3.8) is 0 Å². The summed E-state index contributed by atoms with van der Waals surface area (Å²) in [5, 5.41) is 0. The van der Waals surface area contributed by atoms with Gasteiger partial charge in [0.1, 0.15) is 5.41 Å². The van der Waals surface area contributed by atoms with Gasteiger partial charge in [0, 0.05) is 19.6 Å². The normalized spacial score (nSPS) is 25.4. The fraction of sp³-hybridized carbons (Fsp3) is 0.933. The molecule has 0 aliphatic carbocycles. The van der Waals surface area contributed by atoms with E-state index < -0.39 is 17.7 Å². The number of carbonyl (C=O) groups excluding carboxylic acids is 1. The van der Waals surface area contributed by atoms with Crippen molar-refractivity contribution in [1.29, 1.82) is 0 Å². The van der Waals surface area contributed by atoms with Crippen molar-refractivity contribution in [2.75, 3.05) is 32.7 Å². The summed E-state index contributed by atoms with van der Waals surface area (Å²) in [6.07, 6.45) is 2.17. The third-order valence-corrected chi connectivity index (χ3v) is 4.63. The summed E-state index contributed by atoms with van der Waals surface area (Å²) in [5.74, 6) is 0.0548. The monoisotopic (exact) mass is 288 g/mol. The first-order valence-corrected chi connectivity index (χ1v) is 7.71. The van der Waals surface area contributed by atoms with Crippen LogP contribution in [0.3, 0.4) is 0 Å². The van der Waals surface area contributed by atoms with E-state index in [1.54, 1.807) is 4.90 Å². The highest BCUT2D eigenvalue weighted by Gasteiger charge is 2.42. The number of amides is 1. The third-order valence-electron chi connectivity index (χ3n) is 4.63. The van der Waals surface area contributed by atoms with Gasteiger partial charge in [-0.05, 0) is 52.1 Å². The molecule has 3 nitrogen and oxygen atoms in total. The Morgan fingerprint density at radius 3 is 2.45 bits per heavy atom. The summed E-state index contributed by atoms with van der Waals surface area (Å²) < 4.78 is 25.9. The van der Waals surface area contributed by atoms with E-state index in [2.05, 4.69) is 4.90 Å². The topological polar surface area (TPSA) is 23.6 Å². The molecule has 5 heteroatoms. The molecule has 1 amide bonds. The molecule has 2 fully saturated rings. The summed E-state index contributed by atoms with van der Waals surface area (Å²) >= 11 is 0. The van der Waals surface area contributed by atoms with E-state index in [0.29, 0.717) is 19.0 Å². The standard InChI is InChI=1S/C15H26F2N2O/c1-15(2,13(16)17)14(20)19-9-6-12(11-19)10-18-7-4-3-5-8-18/h12-13H,3-11H2,1-2H3/t12-/m1/s1. The van der Waals surface area contributed by atoms with Crippen molar-refractivity contribution in [2.45, 2.75) is 46.0 Å². The predicted octanol–water partition coefficient (Wildman–Crippen LogP) is 2.61. The zero-order chi connectivity index (χ0) is 14.8. The molecule has 0 unspecified atom stereocenters. The van der Waals surface area contributed by atoms with E-state index in [9.17, 15) is 13.6 Å². The van der Waals surface area contributed by atoms with Crippen LogP contribution in [0.2, 0.25) is 0 Å². The van der Waals surface area contributed by atoms with Crippen LogP contribution < -0.4 is 0 Å².